The minimum Gasteiger partial charge on any atom is -0.380 e. The van der Waals surface area contributed by atoms with E-state index in [0.717, 1.165) is 98.7 Å². The lowest BCUT2D eigenvalue weighted by Crippen LogP contribution is -2.34. The number of rotatable bonds is 5. The van der Waals surface area contributed by atoms with Gasteiger partial charge in [-0.25, -0.2) is 9.97 Å². The molecule has 0 radical (unpaired) electrons. The molecule has 0 aliphatic carbocycles. The summed E-state index contributed by atoms with van der Waals surface area (Å²) >= 11 is 0. The van der Waals surface area contributed by atoms with Gasteiger partial charge in [0, 0.05) is 67.6 Å². The van der Waals surface area contributed by atoms with E-state index in [1.54, 1.807) is 0 Å². The highest BCUT2D eigenvalue weighted by Gasteiger charge is 2.22. The Balaban J connectivity index is 1.29. The number of piperidine rings is 1. The number of hydrogen-bond donors (Lipinski definition) is 1. The van der Waals surface area contributed by atoms with Crippen LogP contribution in [0.4, 0.5) is 5.69 Å². The Hall–Kier alpha value is -3.23. The number of anilines is 1. The minimum absolute atomic E-state index is 0.462. The van der Waals surface area contributed by atoms with Gasteiger partial charge in [0.25, 0.3) is 0 Å². The van der Waals surface area contributed by atoms with Crippen LogP contribution in [-0.2, 0) is 4.74 Å². The fourth-order valence-corrected chi connectivity index (χ4v) is 6.00. The molecule has 1 aromatic carbocycles. The molecule has 0 unspecified atom stereocenters. The number of aromatic nitrogens is 5. The zero-order chi connectivity index (χ0) is 25.4. The molecule has 194 valence electrons. The molecule has 37 heavy (non-hydrogen) atoms. The summed E-state index contributed by atoms with van der Waals surface area (Å²) in [6.45, 7) is 13.6. The van der Waals surface area contributed by atoms with E-state index in [2.05, 4.69) is 58.6 Å². The van der Waals surface area contributed by atoms with Crippen LogP contribution in [0, 0.1) is 13.8 Å². The van der Waals surface area contributed by atoms with E-state index in [-0.39, 0.29) is 0 Å². The molecular formula is C29H37N7O. The lowest BCUT2D eigenvalue weighted by atomic mass is 10.0. The first kappa shape index (κ1) is 24.1. The van der Waals surface area contributed by atoms with Gasteiger partial charge in [-0.1, -0.05) is 6.92 Å². The molecule has 2 aliphatic rings. The van der Waals surface area contributed by atoms with Gasteiger partial charge in [-0.15, -0.1) is 0 Å². The first-order valence-corrected chi connectivity index (χ1v) is 13.7. The van der Waals surface area contributed by atoms with Crippen LogP contribution < -0.4 is 4.90 Å². The molecule has 6 rings (SSSR count). The van der Waals surface area contributed by atoms with E-state index in [1.165, 1.54) is 16.8 Å². The number of nitrogens with zero attached hydrogens (tertiary/aromatic N) is 6. The fourth-order valence-electron chi connectivity index (χ4n) is 6.00. The monoisotopic (exact) mass is 499 g/mol. The normalized spacial score (nSPS) is 18.0. The van der Waals surface area contributed by atoms with Crippen molar-refractivity contribution in [2.24, 2.45) is 0 Å². The largest absolute Gasteiger partial charge is 0.380 e. The summed E-state index contributed by atoms with van der Waals surface area (Å²) in [6, 6.07) is 4.96. The predicted molar refractivity (Wildman–Crippen MR) is 148 cm³/mol. The molecule has 8 nitrogen and oxygen atoms in total. The van der Waals surface area contributed by atoms with Gasteiger partial charge in [-0.05, 0) is 62.9 Å². The molecule has 0 bridgehead atoms. The second-order valence-corrected chi connectivity index (χ2v) is 10.4. The van der Waals surface area contributed by atoms with Crippen LogP contribution in [0.25, 0.3) is 33.5 Å². The predicted octanol–water partition coefficient (Wildman–Crippen LogP) is 4.99. The smallest absolute Gasteiger partial charge is 0.156 e. The number of aromatic amines is 1. The molecule has 0 atom stereocenters. The van der Waals surface area contributed by atoms with E-state index >= 15 is 0 Å². The van der Waals surface area contributed by atoms with E-state index < -0.39 is 0 Å². The van der Waals surface area contributed by atoms with Crippen LogP contribution in [0.1, 0.15) is 43.4 Å². The Labute approximate surface area is 218 Å². The minimum atomic E-state index is 0.462. The average molecular weight is 500 g/mol. The lowest BCUT2D eigenvalue weighted by molar-refractivity contribution is 0.152. The third-order valence-electron chi connectivity index (χ3n) is 8.00. The molecule has 2 fully saturated rings. The summed E-state index contributed by atoms with van der Waals surface area (Å²) in [6.07, 6.45) is 11.4. The molecule has 5 heterocycles. The summed E-state index contributed by atoms with van der Waals surface area (Å²) < 4.78 is 7.82. The summed E-state index contributed by atoms with van der Waals surface area (Å²) in [5.74, 6) is 0. The maximum Gasteiger partial charge on any atom is 0.156 e. The van der Waals surface area contributed by atoms with Gasteiger partial charge in [0.15, 0.2) is 5.65 Å². The van der Waals surface area contributed by atoms with Crippen molar-refractivity contribution >= 4 is 16.9 Å². The molecule has 0 spiro atoms. The van der Waals surface area contributed by atoms with Gasteiger partial charge in [-0.2, -0.15) is 5.10 Å². The molecule has 0 saturated carbocycles. The molecule has 2 saturated heterocycles. The van der Waals surface area contributed by atoms with Gasteiger partial charge >= 0.3 is 0 Å². The van der Waals surface area contributed by atoms with Gasteiger partial charge in [0.1, 0.15) is 5.52 Å². The first-order chi connectivity index (χ1) is 18.1. The zero-order valence-corrected chi connectivity index (χ0v) is 22.2. The number of fused-ring (bicyclic) bond motifs is 1. The second-order valence-electron chi connectivity index (χ2n) is 10.4. The van der Waals surface area contributed by atoms with Crippen LogP contribution in [0.15, 0.2) is 36.9 Å². The molecule has 4 aromatic rings. The Kier molecular flexibility index (Phi) is 6.69. The maximum atomic E-state index is 5.67. The average Bonchev–Trinajstić information content (AvgIpc) is 3.48. The first-order valence-electron chi connectivity index (χ1n) is 13.7. The summed E-state index contributed by atoms with van der Waals surface area (Å²) in [4.78, 5) is 18.1. The standard InChI is InChI=1S/C29H37N7O/c1-4-34-9-6-24(7-10-34)36-19-23(16-32-36)25-17-30-29-27(25)33-26(18-31-29)22-14-20(2)28(21(3)15-22)35-8-5-12-37-13-11-35/h14-19,24H,4-13H2,1-3H3,(H,30,31). The number of likely N-dealkylation sites (tertiary alicyclic amines) is 1. The van der Waals surface area contributed by atoms with Crippen LogP contribution in [0.5, 0.6) is 0 Å². The zero-order valence-electron chi connectivity index (χ0n) is 22.2. The van der Waals surface area contributed by atoms with Crippen LogP contribution in [0.2, 0.25) is 0 Å². The lowest BCUT2D eigenvalue weighted by Gasteiger charge is -2.31. The molecular weight excluding hydrogens is 462 g/mol. The number of aryl methyl sites for hydroxylation is 2. The number of benzene rings is 1. The number of H-pyrrole nitrogens is 1. The van der Waals surface area contributed by atoms with Crippen molar-refractivity contribution in [3.05, 3.63) is 48.0 Å². The van der Waals surface area contributed by atoms with Crippen LogP contribution in [-0.4, -0.2) is 75.6 Å². The van der Waals surface area contributed by atoms with Crippen LogP contribution in [0.3, 0.4) is 0 Å². The van der Waals surface area contributed by atoms with Crippen molar-refractivity contribution in [3.8, 4) is 22.4 Å². The van der Waals surface area contributed by atoms with Crippen molar-refractivity contribution in [1.82, 2.24) is 29.6 Å². The summed E-state index contributed by atoms with van der Waals surface area (Å²) in [5, 5.41) is 4.74. The molecule has 3 aromatic heterocycles. The summed E-state index contributed by atoms with van der Waals surface area (Å²) in [7, 11) is 0. The van der Waals surface area contributed by atoms with E-state index in [4.69, 9.17) is 19.8 Å². The Morgan fingerprint density at radius 3 is 2.59 bits per heavy atom. The van der Waals surface area contributed by atoms with Gasteiger partial charge in [-0.3, -0.25) is 4.68 Å². The van der Waals surface area contributed by atoms with E-state index in [9.17, 15) is 0 Å². The Bertz CT molecular complexity index is 1350. The highest BCUT2D eigenvalue weighted by molar-refractivity contribution is 5.91. The number of ether oxygens (including phenoxy) is 1. The van der Waals surface area contributed by atoms with E-state index in [0.29, 0.717) is 6.04 Å². The van der Waals surface area contributed by atoms with Crippen molar-refractivity contribution < 1.29 is 4.74 Å². The number of hydrogen-bond acceptors (Lipinski definition) is 6. The van der Waals surface area contributed by atoms with Crippen molar-refractivity contribution in [3.63, 3.8) is 0 Å². The highest BCUT2D eigenvalue weighted by Crippen LogP contribution is 2.33. The molecule has 8 heteroatoms. The van der Waals surface area contributed by atoms with Gasteiger partial charge in [0.05, 0.1) is 30.7 Å². The van der Waals surface area contributed by atoms with Crippen molar-refractivity contribution in [2.45, 2.75) is 46.1 Å². The second kappa shape index (κ2) is 10.3. The van der Waals surface area contributed by atoms with E-state index in [1.807, 2.05) is 18.6 Å². The quantitative estimate of drug-likeness (QED) is 0.417. The van der Waals surface area contributed by atoms with Crippen molar-refractivity contribution in [2.75, 3.05) is 50.8 Å². The fraction of sp³-hybridized carbons (Fsp3) is 0.483. The summed E-state index contributed by atoms with van der Waals surface area (Å²) in [5.41, 5.74) is 9.68. The third kappa shape index (κ3) is 4.76. The molecule has 1 N–H and O–H groups in total. The Morgan fingerprint density at radius 2 is 1.81 bits per heavy atom. The topological polar surface area (TPSA) is 75.1 Å². The van der Waals surface area contributed by atoms with Crippen molar-refractivity contribution in [1.29, 1.82) is 0 Å². The SMILES string of the molecule is CCN1CCC(n2cc(-c3c[nH]c4ncc(-c5cc(C)c(N6CCCOCC6)c(C)c5)nc34)cn2)CC1. The molecule has 2 aliphatic heterocycles. The van der Waals surface area contributed by atoms with Gasteiger partial charge < -0.3 is 19.5 Å². The maximum absolute atomic E-state index is 5.67. The van der Waals surface area contributed by atoms with Gasteiger partial charge in [0.2, 0.25) is 0 Å². The molecule has 0 amide bonds. The highest BCUT2D eigenvalue weighted by atomic mass is 16.5. The Morgan fingerprint density at radius 1 is 1.00 bits per heavy atom. The van der Waals surface area contributed by atoms with Crippen LogP contribution >= 0.6 is 0 Å². The number of nitrogens with one attached hydrogen (secondary N) is 1. The third-order valence-corrected chi connectivity index (χ3v) is 8.00.